The Bertz CT molecular complexity index is 998. The van der Waals surface area contributed by atoms with E-state index in [1.165, 1.54) is 0 Å². The lowest BCUT2D eigenvalue weighted by Crippen LogP contribution is -2.38. The van der Waals surface area contributed by atoms with E-state index in [2.05, 4.69) is 4.90 Å². The van der Waals surface area contributed by atoms with Crippen LogP contribution in [0.3, 0.4) is 0 Å². The van der Waals surface area contributed by atoms with Gasteiger partial charge < -0.3 is 19.5 Å². The zero-order valence-electron chi connectivity index (χ0n) is 18.2. The lowest BCUT2D eigenvalue weighted by molar-refractivity contribution is -0.140. The molecule has 0 aromatic heterocycles. The predicted molar refractivity (Wildman–Crippen MR) is 120 cm³/mol. The van der Waals surface area contributed by atoms with Crippen molar-refractivity contribution in [2.24, 2.45) is 0 Å². The van der Waals surface area contributed by atoms with Gasteiger partial charge in [-0.25, -0.2) is 0 Å². The molecule has 1 amide bonds. The molecule has 0 spiro atoms. The maximum atomic E-state index is 13.1. The molecule has 2 aliphatic rings. The van der Waals surface area contributed by atoms with Crippen LogP contribution >= 0.6 is 0 Å². The Morgan fingerprint density at radius 1 is 1.06 bits per heavy atom. The number of morpholine rings is 1. The molecule has 2 aliphatic heterocycles. The van der Waals surface area contributed by atoms with E-state index >= 15 is 0 Å². The summed E-state index contributed by atoms with van der Waals surface area (Å²) in [5.41, 5.74) is 1.35. The van der Waals surface area contributed by atoms with Crippen LogP contribution in [0.5, 0.6) is 5.75 Å². The van der Waals surface area contributed by atoms with Crippen molar-refractivity contribution in [3.05, 3.63) is 71.3 Å². The lowest BCUT2D eigenvalue weighted by Gasteiger charge is -2.29. The van der Waals surface area contributed by atoms with Gasteiger partial charge in [0, 0.05) is 31.7 Å². The molecule has 1 N–H and O–H groups in total. The Kier molecular flexibility index (Phi) is 6.87. The normalized spacial score (nSPS) is 21.2. The number of ether oxygens (including phenoxy) is 2. The second-order valence-corrected chi connectivity index (χ2v) is 7.94. The third kappa shape index (κ3) is 4.54. The zero-order valence-corrected chi connectivity index (χ0v) is 18.2. The maximum Gasteiger partial charge on any atom is 0.295 e. The fourth-order valence-electron chi connectivity index (χ4n) is 4.31. The van der Waals surface area contributed by atoms with E-state index in [1.54, 1.807) is 36.3 Å². The molecular formula is C25H28N2O5. The predicted octanol–water partition coefficient (Wildman–Crippen LogP) is 2.84. The molecule has 4 rings (SSSR count). The number of benzene rings is 2. The lowest BCUT2D eigenvalue weighted by atomic mass is 9.95. The molecule has 0 saturated carbocycles. The molecule has 32 heavy (non-hydrogen) atoms. The molecule has 2 aromatic carbocycles. The minimum Gasteiger partial charge on any atom is -0.507 e. The number of ketones is 1. The van der Waals surface area contributed by atoms with Gasteiger partial charge in [0.05, 0.1) is 31.9 Å². The quantitative estimate of drug-likeness (QED) is 0.409. The van der Waals surface area contributed by atoms with Crippen LogP contribution in [0.2, 0.25) is 0 Å². The maximum absolute atomic E-state index is 13.1. The van der Waals surface area contributed by atoms with Crippen molar-refractivity contribution in [3.8, 4) is 5.75 Å². The van der Waals surface area contributed by atoms with E-state index in [9.17, 15) is 14.7 Å². The van der Waals surface area contributed by atoms with E-state index in [0.29, 0.717) is 31.1 Å². The van der Waals surface area contributed by atoms with Crippen molar-refractivity contribution in [3.63, 3.8) is 0 Å². The molecular weight excluding hydrogens is 408 g/mol. The number of hydrogen-bond acceptors (Lipinski definition) is 6. The van der Waals surface area contributed by atoms with Gasteiger partial charge in [0.2, 0.25) is 0 Å². The fourth-order valence-corrected chi connectivity index (χ4v) is 4.31. The first-order chi connectivity index (χ1) is 15.6. The molecule has 0 radical (unpaired) electrons. The molecule has 2 aromatic rings. The number of aliphatic hydroxyl groups is 1. The van der Waals surface area contributed by atoms with Gasteiger partial charge in [-0.1, -0.05) is 42.5 Å². The van der Waals surface area contributed by atoms with Gasteiger partial charge in [-0.05, 0) is 24.1 Å². The number of aliphatic hydroxyl groups excluding tert-OH is 1. The Hall–Kier alpha value is -3.16. The number of Topliss-reactive ketones (excluding diaryl/α,β-unsaturated/α-hetero) is 1. The highest BCUT2D eigenvalue weighted by Gasteiger charge is 2.45. The number of methoxy groups -OCH3 is 1. The van der Waals surface area contributed by atoms with Crippen LogP contribution in [-0.2, 0) is 14.3 Å². The van der Waals surface area contributed by atoms with Crippen LogP contribution < -0.4 is 4.74 Å². The van der Waals surface area contributed by atoms with Gasteiger partial charge in [0.25, 0.3) is 11.7 Å². The first-order valence-electron chi connectivity index (χ1n) is 10.9. The average molecular weight is 437 g/mol. The summed E-state index contributed by atoms with van der Waals surface area (Å²) >= 11 is 0. The Morgan fingerprint density at radius 2 is 1.81 bits per heavy atom. The molecule has 7 heteroatoms. The average Bonchev–Trinajstić information content (AvgIpc) is 3.10. The standard InChI is InChI=1S/C25H28N2O5/c1-31-20-10-5-9-19(17-20)22-21(23(28)18-7-3-2-4-8-18)24(29)25(30)27(22)12-6-11-26-13-15-32-16-14-26/h2-5,7-10,17,22,28H,6,11-16H2,1H3/b23-21+. The SMILES string of the molecule is COc1cccc(C2/C(=C(\O)c3ccccc3)C(=O)C(=O)N2CCCN2CCOCC2)c1. The summed E-state index contributed by atoms with van der Waals surface area (Å²) in [7, 11) is 1.57. The number of rotatable bonds is 7. The second kappa shape index (κ2) is 9.97. The number of hydrogen-bond donors (Lipinski definition) is 1. The molecule has 1 unspecified atom stereocenters. The first kappa shape index (κ1) is 22.0. The number of carbonyl (C=O) groups excluding carboxylic acids is 2. The highest BCUT2D eigenvalue weighted by Crippen LogP contribution is 2.40. The van der Waals surface area contributed by atoms with Crippen molar-refractivity contribution in [2.45, 2.75) is 12.5 Å². The van der Waals surface area contributed by atoms with Gasteiger partial charge in [0.1, 0.15) is 11.5 Å². The molecule has 2 fully saturated rings. The highest BCUT2D eigenvalue weighted by molar-refractivity contribution is 6.46. The number of carbonyl (C=O) groups is 2. The summed E-state index contributed by atoms with van der Waals surface area (Å²) in [6, 6.07) is 15.5. The molecule has 2 saturated heterocycles. The first-order valence-corrected chi connectivity index (χ1v) is 10.9. The van der Waals surface area contributed by atoms with Gasteiger partial charge in [-0.15, -0.1) is 0 Å². The minimum absolute atomic E-state index is 0.112. The molecule has 0 aliphatic carbocycles. The highest BCUT2D eigenvalue weighted by atomic mass is 16.5. The second-order valence-electron chi connectivity index (χ2n) is 7.94. The third-order valence-electron chi connectivity index (χ3n) is 5.97. The van der Waals surface area contributed by atoms with Crippen molar-refractivity contribution in [2.75, 3.05) is 46.5 Å². The van der Waals surface area contributed by atoms with Crippen molar-refractivity contribution in [1.29, 1.82) is 0 Å². The summed E-state index contributed by atoms with van der Waals surface area (Å²) in [4.78, 5) is 30.0. The Morgan fingerprint density at radius 3 is 2.53 bits per heavy atom. The number of amides is 1. The van der Waals surface area contributed by atoms with Crippen LogP contribution in [0, 0.1) is 0 Å². The Balaban J connectivity index is 1.67. The summed E-state index contributed by atoms with van der Waals surface area (Å²) in [6.07, 6.45) is 0.721. The third-order valence-corrected chi connectivity index (χ3v) is 5.97. The largest absolute Gasteiger partial charge is 0.507 e. The van der Waals surface area contributed by atoms with E-state index in [-0.39, 0.29) is 11.3 Å². The van der Waals surface area contributed by atoms with Gasteiger partial charge in [-0.3, -0.25) is 14.5 Å². The van der Waals surface area contributed by atoms with Crippen LogP contribution in [0.1, 0.15) is 23.6 Å². The molecule has 168 valence electrons. The van der Waals surface area contributed by atoms with E-state index in [1.807, 2.05) is 30.3 Å². The number of likely N-dealkylation sites (tertiary alicyclic amines) is 1. The zero-order chi connectivity index (χ0) is 22.5. The van der Waals surface area contributed by atoms with Crippen molar-refractivity contribution < 1.29 is 24.2 Å². The smallest absolute Gasteiger partial charge is 0.295 e. The summed E-state index contributed by atoms with van der Waals surface area (Å²) < 4.78 is 10.8. The van der Waals surface area contributed by atoms with E-state index < -0.39 is 17.7 Å². The molecule has 7 nitrogen and oxygen atoms in total. The summed E-state index contributed by atoms with van der Waals surface area (Å²) in [5.74, 6) is -0.781. The molecule has 2 heterocycles. The van der Waals surface area contributed by atoms with E-state index in [0.717, 1.165) is 31.6 Å². The summed E-state index contributed by atoms with van der Waals surface area (Å²) in [6.45, 7) is 4.39. The molecule has 0 bridgehead atoms. The van der Waals surface area contributed by atoms with Crippen LogP contribution in [0.25, 0.3) is 5.76 Å². The van der Waals surface area contributed by atoms with Crippen molar-refractivity contribution in [1.82, 2.24) is 9.80 Å². The van der Waals surface area contributed by atoms with Crippen molar-refractivity contribution >= 4 is 17.4 Å². The fraction of sp³-hybridized carbons (Fsp3) is 0.360. The van der Waals surface area contributed by atoms with Crippen LogP contribution in [0.4, 0.5) is 0 Å². The summed E-state index contributed by atoms with van der Waals surface area (Å²) in [5, 5.41) is 11.0. The molecule has 1 atom stereocenters. The monoisotopic (exact) mass is 436 g/mol. The number of nitrogens with zero attached hydrogens (tertiary/aromatic N) is 2. The van der Waals surface area contributed by atoms with Gasteiger partial charge in [0.15, 0.2) is 0 Å². The van der Waals surface area contributed by atoms with E-state index in [4.69, 9.17) is 9.47 Å². The van der Waals surface area contributed by atoms with Crippen LogP contribution in [0.15, 0.2) is 60.2 Å². The van der Waals surface area contributed by atoms with Crippen LogP contribution in [-0.4, -0.2) is 73.1 Å². The topological polar surface area (TPSA) is 79.3 Å². The van der Waals surface area contributed by atoms with Gasteiger partial charge >= 0.3 is 0 Å². The minimum atomic E-state index is -0.671. The van der Waals surface area contributed by atoms with Gasteiger partial charge in [-0.2, -0.15) is 0 Å². The Labute approximate surface area is 187 Å².